The monoisotopic (exact) mass is 349 g/mol. The molecule has 0 unspecified atom stereocenters. The highest BCUT2D eigenvalue weighted by Gasteiger charge is 2.56. The van der Waals surface area contributed by atoms with Crippen LogP contribution < -0.4 is 0 Å². The maximum Gasteiger partial charge on any atom is 0.223 e. The predicted octanol–water partition coefficient (Wildman–Crippen LogP) is 0.368. The molecule has 3 aliphatic heterocycles. The lowest BCUT2D eigenvalue weighted by Gasteiger charge is -2.57. The van der Waals surface area contributed by atoms with Gasteiger partial charge in [0.2, 0.25) is 5.91 Å². The van der Waals surface area contributed by atoms with E-state index in [1.54, 1.807) is 4.68 Å². The Labute approximate surface area is 147 Å². The van der Waals surface area contributed by atoms with Gasteiger partial charge in [-0.25, -0.2) is 0 Å². The standard InChI is InChI=1S/C18H27N3O4/c1-20-9-13(8-19-20)2-3-17(22)21-10-14-11-25-7-5-18(14,23)15-12-24-6-4-16(15)21/h8-9,14-16,23H,2-7,10-12H2,1H3/t14-,15+,16-,18-/m1/s1. The highest BCUT2D eigenvalue weighted by atomic mass is 16.5. The number of ether oxygens (including phenoxy) is 2. The van der Waals surface area contributed by atoms with Gasteiger partial charge in [0.05, 0.1) is 25.0 Å². The SMILES string of the molecule is Cn1cc(CCC(=O)N2C[C@@H]3COCC[C@]3(O)[C@H]3COCC[C@H]32)cn1. The third-order valence-electron chi connectivity index (χ3n) is 6.16. The summed E-state index contributed by atoms with van der Waals surface area (Å²) in [5.41, 5.74) is 0.317. The number of fused-ring (bicyclic) bond motifs is 3. The van der Waals surface area contributed by atoms with Gasteiger partial charge in [0, 0.05) is 63.7 Å². The molecular weight excluding hydrogens is 322 g/mol. The molecule has 138 valence electrons. The zero-order valence-electron chi connectivity index (χ0n) is 14.8. The van der Waals surface area contributed by atoms with Crippen LogP contribution in [0.25, 0.3) is 0 Å². The van der Waals surface area contributed by atoms with Gasteiger partial charge < -0.3 is 19.5 Å². The molecule has 25 heavy (non-hydrogen) atoms. The summed E-state index contributed by atoms with van der Waals surface area (Å²) in [6.45, 7) is 2.88. The number of nitrogens with zero attached hydrogens (tertiary/aromatic N) is 3. The van der Waals surface area contributed by atoms with Crippen molar-refractivity contribution in [3.63, 3.8) is 0 Å². The Bertz CT molecular complexity index is 634. The molecule has 0 radical (unpaired) electrons. The zero-order valence-corrected chi connectivity index (χ0v) is 14.8. The van der Waals surface area contributed by atoms with Gasteiger partial charge in [0.1, 0.15) is 0 Å². The zero-order chi connectivity index (χ0) is 17.4. The van der Waals surface area contributed by atoms with Crippen LogP contribution >= 0.6 is 0 Å². The van der Waals surface area contributed by atoms with Crippen LogP contribution in [0.15, 0.2) is 12.4 Å². The number of amides is 1. The van der Waals surface area contributed by atoms with Crippen LogP contribution in [-0.2, 0) is 27.7 Å². The van der Waals surface area contributed by atoms with E-state index in [0.29, 0.717) is 52.2 Å². The fourth-order valence-corrected chi connectivity index (χ4v) is 4.74. The topological polar surface area (TPSA) is 76.8 Å². The molecular formula is C18H27N3O4. The van der Waals surface area contributed by atoms with E-state index in [4.69, 9.17) is 9.47 Å². The van der Waals surface area contributed by atoms with Crippen molar-refractivity contribution in [3.8, 4) is 0 Å². The van der Waals surface area contributed by atoms with Crippen molar-refractivity contribution in [1.29, 1.82) is 0 Å². The van der Waals surface area contributed by atoms with Crippen molar-refractivity contribution in [3.05, 3.63) is 18.0 Å². The van der Waals surface area contributed by atoms with Crippen LogP contribution in [0.2, 0.25) is 0 Å². The number of aliphatic hydroxyl groups is 1. The smallest absolute Gasteiger partial charge is 0.223 e. The summed E-state index contributed by atoms with van der Waals surface area (Å²) in [6, 6.07) is 0.0782. The Balaban J connectivity index is 1.49. The molecule has 7 nitrogen and oxygen atoms in total. The minimum atomic E-state index is -0.760. The van der Waals surface area contributed by atoms with E-state index in [2.05, 4.69) is 5.10 Å². The van der Waals surface area contributed by atoms with Gasteiger partial charge in [0.25, 0.3) is 0 Å². The first kappa shape index (κ1) is 17.0. The predicted molar refractivity (Wildman–Crippen MR) is 89.8 cm³/mol. The highest BCUT2D eigenvalue weighted by Crippen LogP contribution is 2.44. The summed E-state index contributed by atoms with van der Waals surface area (Å²) in [5.74, 6) is 0.131. The fraction of sp³-hybridized carbons (Fsp3) is 0.778. The summed E-state index contributed by atoms with van der Waals surface area (Å²) < 4.78 is 13.0. The maximum atomic E-state index is 12.9. The minimum Gasteiger partial charge on any atom is -0.389 e. The average molecular weight is 349 g/mol. The molecule has 3 fully saturated rings. The molecule has 7 heteroatoms. The number of hydrogen-bond acceptors (Lipinski definition) is 5. The fourth-order valence-electron chi connectivity index (χ4n) is 4.74. The van der Waals surface area contributed by atoms with Gasteiger partial charge in [-0.2, -0.15) is 5.10 Å². The van der Waals surface area contributed by atoms with E-state index in [1.807, 2.05) is 24.3 Å². The molecule has 1 aromatic rings. The van der Waals surface area contributed by atoms with E-state index in [9.17, 15) is 9.90 Å². The van der Waals surface area contributed by atoms with E-state index in [0.717, 1.165) is 12.0 Å². The molecule has 0 spiro atoms. The lowest BCUT2D eigenvalue weighted by Crippen LogP contribution is -2.68. The lowest BCUT2D eigenvalue weighted by molar-refractivity contribution is -0.219. The van der Waals surface area contributed by atoms with Crippen LogP contribution in [0.1, 0.15) is 24.8 Å². The minimum absolute atomic E-state index is 0.00811. The Kier molecular flexibility index (Phi) is 4.56. The molecule has 0 aromatic carbocycles. The van der Waals surface area contributed by atoms with Gasteiger partial charge in [0.15, 0.2) is 0 Å². The quantitative estimate of drug-likeness (QED) is 0.853. The van der Waals surface area contributed by atoms with Crippen LogP contribution in [0.5, 0.6) is 0 Å². The first-order valence-electron chi connectivity index (χ1n) is 9.23. The number of aromatic nitrogens is 2. The van der Waals surface area contributed by atoms with Gasteiger partial charge >= 0.3 is 0 Å². The Morgan fingerprint density at radius 3 is 3.04 bits per heavy atom. The van der Waals surface area contributed by atoms with Gasteiger partial charge in [-0.05, 0) is 18.4 Å². The summed E-state index contributed by atoms with van der Waals surface area (Å²) in [5, 5.41) is 15.4. The molecule has 4 rings (SSSR count). The second kappa shape index (κ2) is 6.70. The number of hydrogen-bond donors (Lipinski definition) is 1. The Morgan fingerprint density at radius 1 is 1.40 bits per heavy atom. The van der Waals surface area contributed by atoms with E-state index in [-0.39, 0.29) is 23.8 Å². The molecule has 3 aliphatic rings. The average Bonchev–Trinajstić information content (AvgIpc) is 3.04. The number of likely N-dealkylation sites (tertiary alicyclic amines) is 1. The van der Waals surface area contributed by atoms with E-state index < -0.39 is 5.60 Å². The van der Waals surface area contributed by atoms with Gasteiger partial charge in [-0.1, -0.05) is 0 Å². The lowest BCUT2D eigenvalue weighted by atomic mass is 9.66. The van der Waals surface area contributed by atoms with Crippen molar-refractivity contribution in [2.24, 2.45) is 18.9 Å². The summed E-state index contributed by atoms with van der Waals surface area (Å²) >= 11 is 0. The number of rotatable bonds is 3. The molecule has 4 heterocycles. The van der Waals surface area contributed by atoms with Crippen LogP contribution in [0.3, 0.4) is 0 Å². The first-order chi connectivity index (χ1) is 12.1. The summed E-state index contributed by atoms with van der Waals surface area (Å²) in [4.78, 5) is 14.9. The second-order valence-electron chi connectivity index (χ2n) is 7.62. The number of piperidine rings is 1. The molecule has 0 aliphatic carbocycles. The third kappa shape index (κ3) is 3.09. The first-order valence-corrected chi connectivity index (χ1v) is 9.23. The highest BCUT2D eigenvalue weighted by molar-refractivity contribution is 5.77. The molecule has 0 saturated carbocycles. The van der Waals surface area contributed by atoms with Gasteiger partial charge in [-0.3, -0.25) is 9.48 Å². The summed E-state index contributed by atoms with van der Waals surface area (Å²) in [6.07, 6.45) is 6.38. The van der Waals surface area contributed by atoms with E-state index in [1.165, 1.54) is 0 Å². The second-order valence-corrected chi connectivity index (χ2v) is 7.62. The maximum absolute atomic E-state index is 12.9. The number of carbonyl (C=O) groups is 1. The Hall–Kier alpha value is -1.44. The van der Waals surface area contributed by atoms with Crippen LogP contribution in [-0.4, -0.2) is 70.3 Å². The largest absolute Gasteiger partial charge is 0.389 e. The van der Waals surface area contributed by atoms with Crippen LogP contribution in [0, 0.1) is 11.8 Å². The van der Waals surface area contributed by atoms with Crippen LogP contribution in [0.4, 0.5) is 0 Å². The van der Waals surface area contributed by atoms with Crippen molar-refractivity contribution in [2.45, 2.75) is 37.3 Å². The van der Waals surface area contributed by atoms with Crippen molar-refractivity contribution < 1.29 is 19.4 Å². The van der Waals surface area contributed by atoms with E-state index >= 15 is 0 Å². The molecule has 0 bridgehead atoms. The molecule has 1 aromatic heterocycles. The van der Waals surface area contributed by atoms with Gasteiger partial charge in [-0.15, -0.1) is 0 Å². The summed E-state index contributed by atoms with van der Waals surface area (Å²) in [7, 11) is 1.88. The van der Waals surface area contributed by atoms with Crippen molar-refractivity contribution >= 4 is 5.91 Å². The number of carbonyl (C=O) groups excluding carboxylic acids is 1. The Morgan fingerprint density at radius 2 is 2.24 bits per heavy atom. The molecule has 1 amide bonds. The van der Waals surface area contributed by atoms with Crippen molar-refractivity contribution in [1.82, 2.24) is 14.7 Å². The third-order valence-corrected chi connectivity index (χ3v) is 6.16. The molecule has 1 N–H and O–H groups in total. The molecule has 3 saturated heterocycles. The van der Waals surface area contributed by atoms with Crippen molar-refractivity contribution in [2.75, 3.05) is 33.0 Å². The number of aryl methyl sites for hydroxylation is 2. The molecule has 4 atom stereocenters. The normalized spacial score (nSPS) is 35.1.